The summed E-state index contributed by atoms with van der Waals surface area (Å²) in [5.74, 6) is -0.111. The summed E-state index contributed by atoms with van der Waals surface area (Å²) in [6, 6.07) is 3.11. The van der Waals surface area contributed by atoms with E-state index in [4.69, 9.17) is 4.74 Å². The number of nitrogens with zero attached hydrogens (tertiary/aromatic N) is 1. The van der Waals surface area contributed by atoms with Gasteiger partial charge in [0, 0.05) is 30.6 Å². The number of hydrogen-bond donors (Lipinski definition) is 2. The van der Waals surface area contributed by atoms with Crippen molar-refractivity contribution in [2.75, 3.05) is 18.4 Å². The number of amides is 2. The lowest BCUT2D eigenvalue weighted by Crippen LogP contribution is -2.49. The molecule has 0 aromatic heterocycles. The van der Waals surface area contributed by atoms with E-state index in [1.54, 1.807) is 19.9 Å². The SMILES string of the molecule is CCC(C)(C)NC(=O)C1CCN(S(=O)(=O)c2cc3c(cc2C)NC(=O)C(C)O3)CC1. The molecule has 0 bridgehead atoms. The zero-order valence-corrected chi connectivity index (χ0v) is 19.1. The molecule has 1 unspecified atom stereocenters. The van der Waals surface area contributed by atoms with Gasteiger partial charge in [-0.3, -0.25) is 9.59 Å². The molecule has 0 saturated carbocycles. The van der Waals surface area contributed by atoms with Crippen LogP contribution in [0.1, 0.15) is 52.5 Å². The van der Waals surface area contributed by atoms with Gasteiger partial charge in [-0.05, 0) is 58.6 Å². The predicted octanol–water partition coefficient (Wildman–Crippen LogP) is 2.42. The van der Waals surface area contributed by atoms with Gasteiger partial charge >= 0.3 is 0 Å². The Morgan fingerprint density at radius 1 is 1.30 bits per heavy atom. The fourth-order valence-electron chi connectivity index (χ4n) is 3.64. The Morgan fingerprint density at radius 2 is 1.93 bits per heavy atom. The van der Waals surface area contributed by atoms with Gasteiger partial charge in [0.25, 0.3) is 5.91 Å². The van der Waals surface area contributed by atoms with E-state index in [-0.39, 0.29) is 41.3 Å². The Balaban J connectivity index is 1.74. The normalized spacial score (nSPS) is 20.8. The van der Waals surface area contributed by atoms with Crippen molar-refractivity contribution < 1.29 is 22.7 Å². The quantitative estimate of drug-likeness (QED) is 0.736. The van der Waals surface area contributed by atoms with E-state index < -0.39 is 16.1 Å². The van der Waals surface area contributed by atoms with Crippen molar-refractivity contribution in [3.63, 3.8) is 0 Å². The second-order valence-electron chi connectivity index (χ2n) is 8.77. The molecule has 2 N–H and O–H groups in total. The number of aryl methyl sites for hydroxylation is 1. The Morgan fingerprint density at radius 3 is 2.53 bits per heavy atom. The third-order valence-electron chi connectivity index (χ3n) is 6.00. The molecule has 9 heteroatoms. The maximum Gasteiger partial charge on any atom is 0.265 e. The van der Waals surface area contributed by atoms with Crippen LogP contribution in [0.5, 0.6) is 5.75 Å². The molecule has 1 atom stereocenters. The van der Waals surface area contributed by atoms with E-state index in [0.717, 1.165) is 6.42 Å². The Kier molecular flexibility index (Phi) is 6.15. The summed E-state index contributed by atoms with van der Waals surface area (Å²) < 4.78 is 33.6. The highest BCUT2D eigenvalue weighted by Crippen LogP contribution is 2.36. The number of sulfonamides is 1. The standard InChI is InChI=1S/C21H31N3O5S/c1-6-21(4,5)23-20(26)15-7-9-24(10-8-15)30(27,28)18-12-17-16(11-13(18)2)22-19(25)14(3)29-17/h11-12,14-15H,6-10H2,1-5H3,(H,22,25)(H,23,26). The molecule has 2 heterocycles. The number of rotatable bonds is 5. The van der Waals surface area contributed by atoms with E-state index in [9.17, 15) is 18.0 Å². The molecule has 2 aliphatic rings. The van der Waals surface area contributed by atoms with Crippen LogP contribution in [-0.2, 0) is 19.6 Å². The summed E-state index contributed by atoms with van der Waals surface area (Å²) in [5, 5.41) is 5.79. The van der Waals surface area contributed by atoms with E-state index in [2.05, 4.69) is 10.6 Å². The molecule has 0 radical (unpaired) electrons. The van der Waals surface area contributed by atoms with Crippen molar-refractivity contribution in [3.05, 3.63) is 17.7 Å². The molecular formula is C21H31N3O5S. The lowest BCUT2D eigenvalue weighted by Gasteiger charge is -2.33. The molecule has 166 valence electrons. The second kappa shape index (κ2) is 8.19. The zero-order chi connectivity index (χ0) is 22.3. The Hall–Kier alpha value is -2.13. The minimum Gasteiger partial charge on any atom is -0.479 e. The number of carbonyl (C=O) groups excluding carboxylic acids is 2. The minimum atomic E-state index is -3.74. The van der Waals surface area contributed by atoms with Gasteiger partial charge in [0.15, 0.2) is 6.10 Å². The maximum absolute atomic E-state index is 13.3. The van der Waals surface area contributed by atoms with Crippen molar-refractivity contribution in [1.29, 1.82) is 0 Å². The number of carbonyl (C=O) groups is 2. The monoisotopic (exact) mass is 437 g/mol. The molecular weight excluding hydrogens is 406 g/mol. The van der Waals surface area contributed by atoms with Crippen LogP contribution in [0.3, 0.4) is 0 Å². The van der Waals surface area contributed by atoms with Gasteiger partial charge in [-0.25, -0.2) is 8.42 Å². The van der Waals surface area contributed by atoms with Crippen LogP contribution >= 0.6 is 0 Å². The van der Waals surface area contributed by atoms with Gasteiger partial charge in [0.2, 0.25) is 15.9 Å². The molecule has 2 aliphatic heterocycles. The number of piperidine rings is 1. The van der Waals surface area contributed by atoms with Crippen LogP contribution in [0.15, 0.2) is 17.0 Å². The molecule has 1 fully saturated rings. The molecule has 3 rings (SSSR count). The summed E-state index contributed by atoms with van der Waals surface area (Å²) in [6.45, 7) is 9.87. The summed E-state index contributed by atoms with van der Waals surface area (Å²) in [6.07, 6.45) is 1.11. The van der Waals surface area contributed by atoms with Gasteiger partial charge in [-0.2, -0.15) is 4.31 Å². The van der Waals surface area contributed by atoms with Crippen LogP contribution in [0.25, 0.3) is 0 Å². The number of hydrogen-bond acceptors (Lipinski definition) is 5. The minimum absolute atomic E-state index is 0.0120. The molecule has 0 aliphatic carbocycles. The van der Waals surface area contributed by atoms with Gasteiger partial charge in [-0.15, -0.1) is 0 Å². The number of fused-ring (bicyclic) bond motifs is 1. The van der Waals surface area contributed by atoms with Gasteiger partial charge < -0.3 is 15.4 Å². The second-order valence-corrected chi connectivity index (χ2v) is 10.7. The van der Waals surface area contributed by atoms with Crippen LogP contribution in [0, 0.1) is 12.8 Å². The maximum atomic E-state index is 13.3. The van der Waals surface area contributed by atoms with E-state index >= 15 is 0 Å². The van der Waals surface area contributed by atoms with Crippen molar-refractivity contribution in [2.45, 2.75) is 70.4 Å². The first-order valence-electron chi connectivity index (χ1n) is 10.4. The van der Waals surface area contributed by atoms with Crippen LogP contribution in [0.2, 0.25) is 0 Å². The molecule has 30 heavy (non-hydrogen) atoms. The fraction of sp³-hybridized carbons (Fsp3) is 0.619. The fourth-order valence-corrected chi connectivity index (χ4v) is 5.33. The number of ether oxygens (including phenoxy) is 1. The zero-order valence-electron chi connectivity index (χ0n) is 18.2. The van der Waals surface area contributed by atoms with Gasteiger partial charge in [0.05, 0.1) is 10.6 Å². The number of benzene rings is 1. The molecule has 1 aromatic carbocycles. The first-order valence-corrected chi connectivity index (χ1v) is 11.8. The highest BCUT2D eigenvalue weighted by atomic mass is 32.2. The van der Waals surface area contributed by atoms with E-state index in [1.165, 1.54) is 10.4 Å². The highest BCUT2D eigenvalue weighted by molar-refractivity contribution is 7.89. The van der Waals surface area contributed by atoms with Crippen LogP contribution in [-0.4, -0.2) is 49.3 Å². The van der Waals surface area contributed by atoms with E-state index in [1.807, 2.05) is 20.8 Å². The Bertz CT molecular complexity index is 950. The predicted molar refractivity (Wildman–Crippen MR) is 114 cm³/mol. The number of anilines is 1. The highest BCUT2D eigenvalue weighted by Gasteiger charge is 2.35. The molecule has 1 aromatic rings. The topological polar surface area (TPSA) is 105 Å². The summed E-state index contributed by atoms with van der Waals surface area (Å²) >= 11 is 0. The lowest BCUT2D eigenvalue weighted by molar-refractivity contribution is -0.127. The summed E-state index contributed by atoms with van der Waals surface area (Å²) in [4.78, 5) is 24.5. The Labute approximate surface area is 178 Å². The van der Waals surface area contributed by atoms with Crippen molar-refractivity contribution >= 4 is 27.5 Å². The molecule has 0 spiro atoms. The third-order valence-corrected chi connectivity index (χ3v) is 8.04. The number of nitrogens with one attached hydrogen (secondary N) is 2. The lowest BCUT2D eigenvalue weighted by atomic mass is 9.94. The first-order chi connectivity index (χ1) is 13.9. The van der Waals surface area contributed by atoms with E-state index in [0.29, 0.717) is 29.8 Å². The van der Waals surface area contributed by atoms with Crippen molar-refractivity contribution in [2.24, 2.45) is 5.92 Å². The smallest absolute Gasteiger partial charge is 0.265 e. The average molecular weight is 438 g/mol. The average Bonchev–Trinajstić information content (AvgIpc) is 2.68. The van der Waals surface area contributed by atoms with Crippen LogP contribution in [0.4, 0.5) is 5.69 Å². The molecule has 1 saturated heterocycles. The molecule has 2 amide bonds. The van der Waals surface area contributed by atoms with Crippen molar-refractivity contribution in [3.8, 4) is 5.75 Å². The largest absolute Gasteiger partial charge is 0.479 e. The third kappa shape index (κ3) is 4.46. The molecule has 8 nitrogen and oxygen atoms in total. The van der Waals surface area contributed by atoms with Crippen LogP contribution < -0.4 is 15.4 Å². The summed E-state index contributed by atoms with van der Waals surface area (Å²) in [5.41, 5.74) is 0.743. The van der Waals surface area contributed by atoms with Gasteiger partial charge in [-0.1, -0.05) is 6.92 Å². The first kappa shape index (κ1) is 22.6. The van der Waals surface area contributed by atoms with Gasteiger partial charge in [0.1, 0.15) is 5.75 Å². The van der Waals surface area contributed by atoms with Crippen molar-refractivity contribution in [1.82, 2.24) is 9.62 Å². The summed E-state index contributed by atoms with van der Waals surface area (Å²) in [7, 11) is -3.74.